The van der Waals surface area contributed by atoms with Crippen molar-refractivity contribution in [2.24, 2.45) is 5.73 Å². The van der Waals surface area contributed by atoms with Crippen LogP contribution in [0.4, 0.5) is 0 Å². The summed E-state index contributed by atoms with van der Waals surface area (Å²) in [6.45, 7) is 2.78. The summed E-state index contributed by atoms with van der Waals surface area (Å²) in [6.07, 6.45) is 1.04. The second-order valence-electron chi connectivity index (χ2n) is 5.19. The van der Waals surface area contributed by atoms with Gasteiger partial charge < -0.3 is 20.5 Å². The Morgan fingerprint density at radius 2 is 2.19 bits per heavy atom. The van der Waals surface area contributed by atoms with E-state index in [2.05, 4.69) is 5.32 Å². The molecule has 1 aliphatic rings. The Bertz CT molecular complexity index is 466. The van der Waals surface area contributed by atoms with Crippen LogP contribution >= 0.6 is 11.6 Å². The number of halogens is 1. The van der Waals surface area contributed by atoms with Gasteiger partial charge in [0.1, 0.15) is 18.0 Å². The first-order valence-corrected chi connectivity index (χ1v) is 7.51. The van der Waals surface area contributed by atoms with Gasteiger partial charge >= 0.3 is 0 Å². The molecule has 1 heterocycles. The summed E-state index contributed by atoms with van der Waals surface area (Å²) in [5.41, 5.74) is 5.53. The fourth-order valence-electron chi connectivity index (χ4n) is 2.22. The number of benzene rings is 1. The van der Waals surface area contributed by atoms with Crippen LogP contribution in [-0.4, -0.2) is 37.3 Å². The SMILES string of the molecule is CC(CNC(=O)[C@@H]1CC[C@H](CN)O1)Oc1ccc(Cl)cc1. The number of nitrogens with one attached hydrogen (secondary N) is 1. The third-order valence-electron chi connectivity index (χ3n) is 3.38. The largest absolute Gasteiger partial charge is 0.489 e. The van der Waals surface area contributed by atoms with E-state index in [0.29, 0.717) is 18.1 Å². The first-order chi connectivity index (χ1) is 10.1. The molecule has 1 saturated heterocycles. The molecule has 1 amide bonds. The smallest absolute Gasteiger partial charge is 0.249 e. The van der Waals surface area contributed by atoms with E-state index in [-0.39, 0.29) is 24.2 Å². The Hall–Kier alpha value is -1.30. The molecule has 0 aromatic heterocycles. The summed E-state index contributed by atoms with van der Waals surface area (Å²) < 4.78 is 11.2. The highest BCUT2D eigenvalue weighted by Gasteiger charge is 2.29. The highest BCUT2D eigenvalue weighted by atomic mass is 35.5. The minimum atomic E-state index is -0.388. The first kappa shape index (κ1) is 16.1. The van der Waals surface area contributed by atoms with Gasteiger partial charge in [-0.3, -0.25) is 4.79 Å². The summed E-state index contributed by atoms with van der Waals surface area (Å²) >= 11 is 5.81. The van der Waals surface area contributed by atoms with Crippen LogP contribution in [0.5, 0.6) is 5.75 Å². The molecule has 0 aliphatic carbocycles. The molecule has 21 heavy (non-hydrogen) atoms. The van der Waals surface area contributed by atoms with Crippen molar-refractivity contribution in [2.75, 3.05) is 13.1 Å². The summed E-state index contributed by atoms with van der Waals surface area (Å²) in [7, 11) is 0. The molecule has 1 fully saturated rings. The molecule has 116 valence electrons. The first-order valence-electron chi connectivity index (χ1n) is 7.14. The average molecular weight is 313 g/mol. The van der Waals surface area contributed by atoms with Gasteiger partial charge in [0, 0.05) is 11.6 Å². The Balaban J connectivity index is 1.72. The van der Waals surface area contributed by atoms with Crippen molar-refractivity contribution < 1.29 is 14.3 Å². The predicted molar refractivity (Wildman–Crippen MR) is 81.5 cm³/mol. The number of ether oxygens (including phenoxy) is 2. The molecule has 1 aromatic carbocycles. The highest BCUT2D eigenvalue weighted by Crippen LogP contribution is 2.19. The van der Waals surface area contributed by atoms with Crippen LogP contribution < -0.4 is 15.8 Å². The van der Waals surface area contributed by atoms with E-state index in [4.69, 9.17) is 26.8 Å². The van der Waals surface area contributed by atoms with Crippen molar-refractivity contribution in [3.8, 4) is 5.75 Å². The Morgan fingerprint density at radius 1 is 1.48 bits per heavy atom. The molecule has 0 saturated carbocycles. The minimum absolute atomic E-state index is 0.00323. The average Bonchev–Trinajstić information content (AvgIpc) is 2.96. The van der Waals surface area contributed by atoms with Crippen LogP contribution in [0.1, 0.15) is 19.8 Å². The molecule has 1 unspecified atom stereocenters. The molecule has 3 N–H and O–H groups in total. The van der Waals surface area contributed by atoms with Crippen LogP contribution in [0.3, 0.4) is 0 Å². The Labute approximate surface area is 129 Å². The third-order valence-corrected chi connectivity index (χ3v) is 3.63. The van der Waals surface area contributed by atoms with Crippen LogP contribution in [0, 0.1) is 0 Å². The van der Waals surface area contributed by atoms with E-state index in [0.717, 1.165) is 18.6 Å². The lowest BCUT2D eigenvalue weighted by Crippen LogP contribution is -2.40. The Kier molecular flexibility index (Phi) is 5.85. The predicted octanol–water partition coefficient (Wildman–Crippen LogP) is 1.73. The number of carbonyl (C=O) groups excluding carboxylic acids is 1. The van der Waals surface area contributed by atoms with E-state index < -0.39 is 0 Å². The second-order valence-corrected chi connectivity index (χ2v) is 5.62. The third kappa shape index (κ3) is 4.88. The minimum Gasteiger partial charge on any atom is -0.489 e. The number of carbonyl (C=O) groups is 1. The zero-order valence-electron chi connectivity index (χ0n) is 12.0. The van der Waals surface area contributed by atoms with Crippen LogP contribution in [0.2, 0.25) is 5.02 Å². The maximum atomic E-state index is 12.0. The summed E-state index contributed by atoms with van der Waals surface area (Å²) in [6, 6.07) is 7.13. The topological polar surface area (TPSA) is 73.6 Å². The molecule has 0 bridgehead atoms. The van der Waals surface area contributed by atoms with Crippen LogP contribution in [0.25, 0.3) is 0 Å². The number of hydrogen-bond acceptors (Lipinski definition) is 4. The van der Waals surface area contributed by atoms with E-state index in [9.17, 15) is 4.79 Å². The lowest BCUT2D eigenvalue weighted by molar-refractivity contribution is -0.132. The molecule has 3 atom stereocenters. The van der Waals surface area contributed by atoms with Crippen molar-refractivity contribution in [1.29, 1.82) is 0 Å². The van der Waals surface area contributed by atoms with Crippen LogP contribution in [-0.2, 0) is 9.53 Å². The van der Waals surface area contributed by atoms with Crippen molar-refractivity contribution in [3.05, 3.63) is 29.3 Å². The summed E-state index contributed by atoms with van der Waals surface area (Å²) in [4.78, 5) is 12.0. The van der Waals surface area contributed by atoms with E-state index in [1.54, 1.807) is 24.3 Å². The van der Waals surface area contributed by atoms with Gasteiger partial charge in [-0.05, 0) is 44.0 Å². The van der Waals surface area contributed by atoms with Gasteiger partial charge in [0.2, 0.25) is 5.91 Å². The zero-order valence-corrected chi connectivity index (χ0v) is 12.8. The molecule has 2 rings (SSSR count). The van der Waals surface area contributed by atoms with Crippen molar-refractivity contribution in [3.63, 3.8) is 0 Å². The van der Waals surface area contributed by atoms with Crippen molar-refractivity contribution >= 4 is 17.5 Å². The maximum absolute atomic E-state index is 12.0. The summed E-state index contributed by atoms with van der Waals surface area (Å²) in [5.74, 6) is 0.624. The molecule has 6 heteroatoms. The standard InChI is InChI=1S/C15H21ClN2O3/c1-10(20-12-4-2-11(16)3-5-12)9-18-15(19)14-7-6-13(8-17)21-14/h2-5,10,13-14H,6-9,17H2,1H3,(H,18,19)/t10?,13-,14+/m1/s1. The lowest BCUT2D eigenvalue weighted by atomic mass is 10.2. The number of hydrogen-bond donors (Lipinski definition) is 2. The van der Waals surface area contributed by atoms with E-state index in [1.807, 2.05) is 6.92 Å². The number of amides is 1. The van der Waals surface area contributed by atoms with Crippen molar-refractivity contribution in [2.45, 2.75) is 38.1 Å². The molecular weight excluding hydrogens is 292 g/mol. The quantitative estimate of drug-likeness (QED) is 0.839. The molecule has 0 radical (unpaired) electrons. The molecule has 5 nitrogen and oxygen atoms in total. The van der Waals surface area contributed by atoms with Gasteiger partial charge in [0.15, 0.2) is 0 Å². The van der Waals surface area contributed by atoms with Gasteiger partial charge in [0.05, 0.1) is 12.6 Å². The van der Waals surface area contributed by atoms with Gasteiger partial charge in [-0.1, -0.05) is 11.6 Å². The maximum Gasteiger partial charge on any atom is 0.249 e. The number of nitrogens with two attached hydrogens (primary N) is 1. The Morgan fingerprint density at radius 3 is 2.81 bits per heavy atom. The van der Waals surface area contributed by atoms with Gasteiger partial charge in [-0.25, -0.2) is 0 Å². The van der Waals surface area contributed by atoms with Gasteiger partial charge in [-0.15, -0.1) is 0 Å². The molecule has 0 spiro atoms. The van der Waals surface area contributed by atoms with Crippen LogP contribution in [0.15, 0.2) is 24.3 Å². The lowest BCUT2D eigenvalue weighted by Gasteiger charge is -2.17. The van der Waals surface area contributed by atoms with E-state index in [1.165, 1.54) is 0 Å². The fourth-order valence-corrected chi connectivity index (χ4v) is 2.34. The molecule has 1 aromatic rings. The summed E-state index contributed by atoms with van der Waals surface area (Å²) in [5, 5.41) is 3.51. The van der Waals surface area contributed by atoms with E-state index >= 15 is 0 Å². The highest BCUT2D eigenvalue weighted by molar-refractivity contribution is 6.30. The monoisotopic (exact) mass is 312 g/mol. The van der Waals surface area contributed by atoms with Gasteiger partial charge in [-0.2, -0.15) is 0 Å². The van der Waals surface area contributed by atoms with Gasteiger partial charge in [0.25, 0.3) is 0 Å². The second kappa shape index (κ2) is 7.64. The van der Waals surface area contributed by atoms with Crippen molar-refractivity contribution in [1.82, 2.24) is 5.32 Å². The number of rotatable bonds is 6. The normalized spacial score (nSPS) is 22.8. The molecule has 1 aliphatic heterocycles. The molecular formula is C15H21ClN2O3. The fraction of sp³-hybridized carbons (Fsp3) is 0.533. The zero-order chi connectivity index (χ0) is 15.2.